The van der Waals surface area contributed by atoms with Gasteiger partial charge in [-0.2, -0.15) is 0 Å². The normalized spacial score (nSPS) is 10.0. The highest BCUT2D eigenvalue weighted by Crippen LogP contribution is 2.23. The van der Waals surface area contributed by atoms with Crippen LogP contribution >= 0.6 is 0 Å². The number of hydrogen-bond acceptors (Lipinski definition) is 3. The third kappa shape index (κ3) is 2.27. The highest BCUT2D eigenvalue weighted by Gasteiger charge is 2.15. The smallest absolute Gasteiger partial charge is 0.251 e. The highest BCUT2D eigenvalue weighted by molar-refractivity contribution is 6.00. The third-order valence-electron chi connectivity index (χ3n) is 2.63. The fraction of sp³-hybridized carbons (Fsp3) is 0.0714. The lowest BCUT2D eigenvalue weighted by Gasteiger charge is -2.09. The predicted molar refractivity (Wildman–Crippen MR) is 68.0 cm³/mol. The van der Waals surface area contributed by atoms with Crippen LogP contribution in [0.5, 0.6) is 0 Å². The van der Waals surface area contributed by atoms with Gasteiger partial charge in [-0.15, -0.1) is 0 Å². The maximum absolute atomic E-state index is 11.6. The molecule has 0 spiro atoms. The molecule has 0 saturated carbocycles. The molecule has 0 aliphatic rings. The Kier molecular flexibility index (Phi) is 3.48. The van der Waals surface area contributed by atoms with Crippen molar-refractivity contribution in [1.82, 2.24) is 4.98 Å². The van der Waals surface area contributed by atoms with Crippen LogP contribution in [0.25, 0.3) is 11.3 Å². The molecule has 4 heteroatoms. The summed E-state index contributed by atoms with van der Waals surface area (Å²) >= 11 is 0. The van der Waals surface area contributed by atoms with Crippen molar-refractivity contribution >= 4 is 12.2 Å². The van der Waals surface area contributed by atoms with E-state index in [2.05, 4.69) is 4.98 Å². The number of aromatic nitrogens is 1. The Labute approximate surface area is 104 Å². The lowest BCUT2D eigenvalue weighted by atomic mass is 9.99. The molecule has 2 rings (SSSR count). The standard InChI is InChI=1S/C14H12N2O2/c15-14(18)12-10(7-9-17)6-8-16-13(12)11-4-2-1-3-5-11/h1-6,8-9H,7H2,(H2,15,18). The van der Waals surface area contributed by atoms with Crippen LogP contribution in [0.15, 0.2) is 42.6 Å². The van der Waals surface area contributed by atoms with Crippen molar-refractivity contribution in [1.29, 1.82) is 0 Å². The predicted octanol–water partition coefficient (Wildman–Crippen LogP) is 1.59. The Morgan fingerprint density at radius 2 is 1.94 bits per heavy atom. The third-order valence-corrected chi connectivity index (χ3v) is 2.63. The average Bonchev–Trinajstić information content (AvgIpc) is 2.39. The largest absolute Gasteiger partial charge is 0.366 e. The van der Waals surface area contributed by atoms with Crippen molar-refractivity contribution in [3.8, 4) is 11.3 Å². The molecule has 0 saturated heterocycles. The highest BCUT2D eigenvalue weighted by atomic mass is 16.1. The maximum Gasteiger partial charge on any atom is 0.251 e. The van der Waals surface area contributed by atoms with Crippen molar-refractivity contribution < 1.29 is 9.59 Å². The van der Waals surface area contributed by atoms with Gasteiger partial charge in [0.25, 0.3) is 5.91 Å². The van der Waals surface area contributed by atoms with Crippen LogP contribution < -0.4 is 5.73 Å². The van der Waals surface area contributed by atoms with Crippen molar-refractivity contribution in [2.75, 3.05) is 0 Å². The van der Waals surface area contributed by atoms with E-state index in [0.29, 0.717) is 16.8 Å². The van der Waals surface area contributed by atoms with Crippen LogP contribution in [0, 0.1) is 0 Å². The van der Waals surface area contributed by atoms with Gasteiger partial charge in [0.05, 0.1) is 11.3 Å². The first-order valence-electron chi connectivity index (χ1n) is 5.50. The van der Waals surface area contributed by atoms with Crippen LogP contribution in [0.4, 0.5) is 0 Å². The maximum atomic E-state index is 11.6. The van der Waals surface area contributed by atoms with Crippen LogP contribution in [0.1, 0.15) is 15.9 Å². The summed E-state index contributed by atoms with van der Waals surface area (Å²) in [5.74, 6) is -0.571. The van der Waals surface area contributed by atoms with Gasteiger partial charge in [-0.1, -0.05) is 30.3 Å². The number of benzene rings is 1. The monoisotopic (exact) mass is 240 g/mol. The zero-order valence-corrected chi connectivity index (χ0v) is 9.67. The summed E-state index contributed by atoms with van der Waals surface area (Å²) in [6.07, 6.45) is 2.48. The molecular weight excluding hydrogens is 228 g/mol. The minimum Gasteiger partial charge on any atom is -0.366 e. The number of hydrogen-bond donors (Lipinski definition) is 1. The first-order valence-corrected chi connectivity index (χ1v) is 5.50. The topological polar surface area (TPSA) is 73.1 Å². The van der Waals surface area contributed by atoms with Crippen molar-refractivity contribution in [3.05, 3.63) is 53.7 Å². The molecule has 0 atom stereocenters. The van der Waals surface area contributed by atoms with Gasteiger partial charge in [-0.3, -0.25) is 9.78 Å². The van der Waals surface area contributed by atoms with E-state index in [1.807, 2.05) is 30.3 Å². The number of aldehydes is 1. The SMILES string of the molecule is NC(=O)c1c(CC=O)ccnc1-c1ccccc1. The molecule has 0 fully saturated rings. The zero-order chi connectivity index (χ0) is 13.0. The molecule has 1 aromatic heterocycles. The van der Waals surface area contributed by atoms with Crippen LogP contribution in [-0.4, -0.2) is 17.2 Å². The van der Waals surface area contributed by atoms with E-state index < -0.39 is 5.91 Å². The van der Waals surface area contributed by atoms with Crippen molar-refractivity contribution in [2.24, 2.45) is 5.73 Å². The molecule has 0 unspecified atom stereocenters. The summed E-state index contributed by atoms with van der Waals surface area (Å²) < 4.78 is 0. The Morgan fingerprint density at radius 3 is 2.56 bits per heavy atom. The minimum atomic E-state index is -0.571. The molecule has 4 nitrogen and oxygen atoms in total. The van der Waals surface area contributed by atoms with Crippen molar-refractivity contribution in [2.45, 2.75) is 6.42 Å². The van der Waals surface area contributed by atoms with Crippen LogP contribution in [-0.2, 0) is 11.2 Å². The average molecular weight is 240 g/mol. The lowest BCUT2D eigenvalue weighted by Crippen LogP contribution is -2.16. The van der Waals surface area contributed by atoms with E-state index in [1.165, 1.54) is 0 Å². The van der Waals surface area contributed by atoms with Crippen LogP contribution in [0.3, 0.4) is 0 Å². The number of carbonyl (C=O) groups excluding carboxylic acids is 2. The molecule has 0 aliphatic carbocycles. The molecule has 1 amide bonds. The second-order valence-corrected chi connectivity index (χ2v) is 3.79. The number of nitrogens with zero attached hydrogens (tertiary/aromatic N) is 1. The second kappa shape index (κ2) is 5.23. The molecule has 2 N–H and O–H groups in total. The second-order valence-electron chi connectivity index (χ2n) is 3.79. The molecule has 0 radical (unpaired) electrons. The molecule has 0 aliphatic heterocycles. The number of nitrogens with two attached hydrogens (primary N) is 1. The Balaban J connectivity index is 2.64. The summed E-state index contributed by atoms with van der Waals surface area (Å²) in [4.78, 5) is 26.4. The molecule has 0 bridgehead atoms. The summed E-state index contributed by atoms with van der Waals surface area (Å²) in [5.41, 5.74) is 7.63. The number of rotatable bonds is 4. The number of primary amides is 1. The van der Waals surface area contributed by atoms with E-state index in [1.54, 1.807) is 12.3 Å². The quantitative estimate of drug-likeness (QED) is 0.825. The van der Waals surface area contributed by atoms with Gasteiger partial charge in [0.15, 0.2) is 0 Å². The van der Waals surface area contributed by atoms with Gasteiger partial charge < -0.3 is 10.5 Å². The lowest BCUT2D eigenvalue weighted by molar-refractivity contribution is -0.107. The minimum absolute atomic E-state index is 0.153. The summed E-state index contributed by atoms with van der Waals surface area (Å²) in [7, 11) is 0. The fourth-order valence-electron chi connectivity index (χ4n) is 1.85. The van der Waals surface area contributed by atoms with Gasteiger partial charge in [-0.25, -0.2) is 0 Å². The van der Waals surface area contributed by atoms with Gasteiger partial charge in [0.2, 0.25) is 0 Å². The fourth-order valence-corrected chi connectivity index (χ4v) is 1.85. The summed E-state index contributed by atoms with van der Waals surface area (Å²) in [5, 5.41) is 0. The van der Waals surface area contributed by atoms with Gasteiger partial charge in [0, 0.05) is 18.2 Å². The Morgan fingerprint density at radius 1 is 1.22 bits per heavy atom. The Bertz CT molecular complexity index is 580. The van der Waals surface area contributed by atoms with E-state index >= 15 is 0 Å². The van der Waals surface area contributed by atoms with E-state index in [4.69, 9.17) is 5.73 Å². The zero-order valence-electron chi connectivity index (χ0n) is 9.67. The molecule has 1 heterocycles. The summed E-state index contributed by atoms with van der Waals surface area (Å²) in [6.45, 7) is 0. The first-order chi connectivity index (χ1) is 8.74. The molecule has 18 heavy (non-hydrogen) atoms. The van der Waals surface area contributed by atoms with E-state index in [9.17, 15) is 9.59 Å². The number of carbonyl (C=O) groups is 2. The first kappa shape index (κ1) is 12.0. The van der Waals surface area contributed by atoms with E-state index in [0.717, 1.165) is 11.8 Å². The van der Waals surface area contributed by atoms with E-state index in [-0.39, 0.29) is 6.42 Å². The molecular formula is C14H12N2O2. The molecule has 90 valence electrons. The summed E-state index contributed by atoms with van der Waals surface area (Å²) in [6, 6.07) is 10.9. The van der Waals surface area contributed by atoms with Crippen molar-refractivity contribution in [3.63, 3.8) is 0 Å². The number of amides is 1. The number of pyridine rings is 1. The van der Waals surface area contributed by atoms with Crippen LogP contribution in [0.2, 0.25) is 0 Å². The van der Waals surface area contributed by atoms with Gasteiger partial charge >= 0.3 is 0 Å². The Hall–Kier alpha value is -2.49. The molecule has 2 aromatic rings. The molecule has 1 aromatic carbocycles. The van der Waals surface area contributed by atoms with Gasteiger partial charge in [0.1, 0.15) is 6.29 Å². The van der Waals surface area contributed by atoms with Gasteiger partial charge in [-0.05, 0) is 11.6 Å².